The molecule has 0 aliphatic heterocycles. The van der Waals surface area contributed by atoms with Crippen LogP contribution in [0.15, 0.2) is 42.5 Å². The quantitative estimate of drug-likeness (QED) is 0.668. The molecule has 1 unspecified atom stereocenters. The van der Waals surface area contributed by atoms with Gasteiger partial charge in [-0.15, -0.1) is 0 Å². The number of hydrogen-bond donors (Lipinski definition) is 3. The van der Waals surface area contributed by atoms with Crippen molar-refractivity contribution in [3.05, 3.63) is 53.6 Å². The van der Waals surface area contributed by atoms with Gasteiger partial charge in [0.15, 0.2) is 5.78 Å². The number of H-pyrrole nitrogens is 1. The number of carbonyl (C=O) groups is 2. The lowest BCUT2D eigenvalue weighted by molar-refractivity contribution is -0.120. The molecule has 5 N–H and O–H groups in total. The molecule has 1 heterocycles. The second-order valence-corrected chi connectivity index (χ2v) is 5.62. The average Bonchev–Trinajstić information content (AvgIpc) is 3.03. The first-order valence-corrected chi connectivity index (χ1v) is 7.67. The molecule has 1 amide bonds. The molecule has 24 heavy (non-hydrogen) atoms. The van der Waals surface area contributed by atoms with Crippen molar-refractivity contribution < 1.29 is 9.59 Å². The fraction of sp³-hybridized carbons (Fsp3) is 0.167. The van der Waals surface area contributed by atoms with E-state index in [1.807, 2.05) is 24.3 Å². The lowest BCUT2D eigenvalue weighted by atomic mass is 9.98. The third kappa shape index (κ3) is 2.79. The molecule has 122 valence electrons. The lowest BCUT2D eigenvalue weighted by Gasteiger charge is -2.11. The van der Waals surface area contributed by atoms with Crippen LogP contribution in [0.5, 0.6) is 0 Å². The van der Waals surface area contributed by atoms with E-state index in [1.165, 1.54) is 0 Å². The Labute approximate surface area is 138 Å². The fourth-order valence-electron chi connectivity index (χ4n) is 2.67. The number of aromatic amines is 1. The largest absolute Gasteiger partial charge is 0.366 e. The number of nitrogens with zero attached hydrogens (tertiary/aromatic N) is 1. The summed E-state index contributed by atoms with van der Waals surface area (Å²) in [5.74, 6) is -0.511. The zero-order valence-electron chi connectivity index (χ0n) is 13.2. The second-order valence-electron chi connectivity index (χ2n) is 5.62. The van der Waals surface area contributed by atoms with E-state index in [9.17, 15) is 9.59 Å². The molecule has 0 saturated heterocycles. The van der Waals surface area contributed by atoms with Gasteiger partial charge in [0.25, 0.3) is 0 Å². The van der Waals surface area contributed by atoms with Crippen molar-refractivity contribution in [2.45, 2.75) is 19.4 Å². The summed E-state index contributed by atoms with van der Waals surface area (Å²) >= 11 is 0. The molecule has 3 aromatic rings. The van der Waals surface area contributed by atoms with Gasteiger partial charge in [-0.05, 0) is 29.8 Å². The van der Waals surface area contributed by atoms with Crippen molar-refractivity contribution in [2.24, 2.45) is 11.5 Å². The minimum Gasteiger partial charge on any atom is -0.366 e. The van der Waals surface area contributed by atoms with Crippen LogP contribution >= 0.6 is 0 Å². The van der Waals surface area contributed by atoms with E-state index >= 15 is 0 Å². The van der Waals surface area contributed by atoms with Crippen molar-refractivity contribution >= 4 is 22.6 Å². The molecule has 2 aromatic carbocycles. The number of benzene rings is 2. The van der Waals surface area contributed by atoms with Crippen molar-refractivity contribution in [1.29, 1.82) is 0 Å². The highest BCUT2D eigenvalue weighted by atomic mass is 16.1. The van der Waals surface area contributed by atoms with Crippen LogP contribution in [0, 0.1) is 0 Å². The zero-order valence-corrected chi connectivity index (χ0v) is 13.2. The Kier molecular flexibility index (Phi) is 4.14. The van der Waals surface area contributed by atoms with Crippen LogP contribution in [0.25, 0.3) is 22.2 Å². The summed E-state index contributed by atoms with van der Waals surface area (Å²) in [4.78, 5) is 23.2. The van der Waals surface area contributed by atoms with Crippen LogP contribution in [-0.4, -0.2) is 21.9 Å². The predicted octanol–water partition coefficient (Wildman–Crippen LogP) is 2.31. The van der Waals surface area contributed by atoms with Crippen molar-refractivity contribution in [2.75, 3.05) is 0 Å². The van der Waals surface area contributed by atoms with Crippen LogP contribution in [-0.2, 0) is 4.79 Å². The molecule has 0 bridgehead atoms. The van der Waals surface area contributed by atoms with Gasteiger partial charge in [-0.3, -0.25) is 14.7 Å². The Morgan fingerprint density at radius 1 is 1.21 bits per heavy atom. The number of rotatable bonds is 5. The Balaban J connectivity index is 2.09. The van der Waals surface area contributed by atoms with Gasteiger partial charge in [-0.1, -0.05) is 25.1 Å². The third-order valence-electron chi connectivity index (χ3n) is 4.06. The van der Waals surface area contributed by atoms with E-state index < -0.39 is 11.9 Å². The molecule has 0 saturated carbocycles. The average molecular weight is 322 g/mol. The summed E-state index contributed by atoms with van der Waals surface area (Å²) in [6, 6.07) is 11.9. The van der Waals surface area contributed by atoms with Gasteiger partial charge in [0.1, 0.15) is 0 Å². The molecular formula is C18H18N4O2. The first kappa shape index (κ1) is 15.9. The normalized spacial score (nSPS) is 12.2. The van der Waals surface area contributed by atoms with Crippen molar-refractivity contribution in [1.82, 2.24) is 10.2 Å². The maximum atomic E-state index is 11.8. The fourth-order valence-corrected chi connectivity index (χ4v) is 2.67. The van der Waals surface area contributed by atoms with Gasteiger partial charge in [-0.2, -0.15) is 5.10 Å². The van der Waals surface area contributed by atoms with Gasteiger partial charge >= 0.3 is 0 Å². The predicted molar refractivity (Wildman–Crippen MR) is 92.3 cm³/mol. The smallest absolute Gasteiger partial charge is 0.248 e. The van der Waals surface area contributed by atoms with Crippen LogP contribution in [0.2, 0.25) is 0 Å². The summed E-state index contributed by atoms with van der Waals surface area (Å²) in [5, 5.41) is 8.05. The van der Waals surface area contributed by atoms with E-state index in [4.69, 9.17) is 11.5 Å². The van der Waals surface area contributed by atoms with Crippen LogP contribution in [0.4, 0.5) is 0 Å². The summed E-state index contributed by atoms with van der Waals surface area (Å²) in [5.41, 5.74) is 14.8. The minimum absolute atomic E-state index is 0.0185. The Morgan fingerprint density at radius 3 is 2.71 bits per heavy atom. The molecule has 3 rings (SSSR count). The summed E-state index contributed by atoms with van der Waals surface area (Å²) < 4.78 is 0. The number of ketones is 1. The summed E-state index contributed by atoms with van der Waals surface area (Å²) in [7, 11) is 0. The van der Waals surface area contributed by atoms with Crippen LogP contribution in [0.3, 0.4) is 0 Å². The molecule has 0 aliphatic rings. The number of hydrogen-bond acceptors (Lipinski definition) is 4. The second kappa shape index (κ2) is 6.25. The Hall–Kier alpha value is -2.99. The van der Waals surface area contributed by atoms with Crippen molar-refractivity contribution in [3.8, 4) is 11.3 Å². The number of nitrogens with one attached hydrogen (secondary N) is 1. The maximum absolute atomic E-state index is 11.8. The molecule has 6 nitrogen and oxygen atoms in total. The first-order valence-electron chi connectivity index (χ1n) is 7.67. The number of nitrogens with two attached hydrogens (primary N) is 2. The topological polar surface area (TPSA) is 115 Å². The summed E-state index contributed by atoms with van der Waals surface area (Å²) in [6.45, 7) is 1.79. The molecule has 0 spiro atoms. The lowest BCUT2D eigenvalue weighted by Crippen LogP contribution is -2.20. The van der Waals surface area contributed by atoms with E-state index in [1.54, 1.807) is 25.1 Å². The van der Waals surface area contributed by atoms with E-state index in [0.29, 0.717) is 17.7 Å². The number of amides is 1. The molecule has 6 heteroatoms. The van der Waals surface area contributed by atoms with Gasteiger partial charge in [0, 0.05) is 22.9 Å². The SMILES string of the molecule is CCC(=O)C(N)c1cccc(-c2n[nH]c3ccc(C(N)=O)cc23)c1. The van der Waals surface area contributed by atoms with E-state index in [2.05, 4.69) is 10.2 Å². The van der Waals surface area contributed by atoms with Gasteiger partial charge in [-0.25, -0.2) is 0 Å². The molecule has 0 radical (unpaired) electrons. The minimum atomic E-state index is -0.652. The monoisotopic (exact) mass is 322 g/mol. The van der Waals surface area contributed by atoms with Crippen LogP contribution < -0.4 is 11.5 Å². The number of fused-ring (bicyclic) bond motifs is 1. The number of Topliss-reactive ketones (excluding diaryl/α,β-unsaturated/α-hetero) is 1. The summed E-state index contributed by atoms with van der Waals surface area (Å²) in [6.07, 6.45) is 0.388. The van der Waals surface area contributed by atoms with E-state index in [-0.39, 0.29) is 5.78 Å². The third-order valence-corrected chi connectivity index (χ3v) is 4.06. The molecule has 1 atom stereocenters. The number of primary amides is 1. The molecule has 0 aliphatic carbocycles. The van der Waals surface area contributed by atoms with E-state index in [0.717, 1.165) is 22.0 Å². The first-order chi connectivity index (χ1) is 11.5. The Morgan fingerprint density at radius 2 is 2.00 bits per heavy atom. The molecule has 1 aromatic heterocycles. The molecule has 0 fully saturated rings. The highest BCUT2D eigenvalue weighted by Gasteiger charge is 2.16. The van der Waals surface area contributed by atoms with Crippen LogP contribution in [0.1, 0.15) is 35.3 Å². The zero-order chi connectivity index (χ0) is 17.3. The maximum Gasteiger partial charge on any atom is 0.248 e. The number of carbonyl (C=O) groups excluding carboxylic acids is 2. The molecular weight excluding hydrogens is 304 g/mol. The van der Waals surface area contributed by atoms with Crippen molar-refractivity contribution in [3.63, 3.8) is 0 Å². The van der Waals surface area contributed by atoms with Gasteiger partial charge in [0.2, 0.25) is 5.91 Å². The highest BCUT2D eigenvalue weighted by molar-refractivity contribution is 6.00. The van der Waals surface area contributed by atoms with Gasteiger partial charge in [0.05, 0.1) is 17.3 Å². The highest BCUT2D eigenvalue weighted by Crippen LogP contribution is 2.28. The standard InChI is InChI=1S/C18H18N4O2/c1-2-15(23)16(19)10-4-3-5-11(8-10)17-13-9-12(18(20)24)6-7-14(13)21-22-17/h3-9,16H,2,19H2,1H3,(H2,20,24)(H,21,22). The number of aromatic nitrogens is 2. The Bertz CT molecular complexity index is 930. The van der Waals surface area contributed by atoms with Gasteiger partial charge < -0.3 is 11.5 Å².